The van der Waals surface area contributed by atoms with Gasteiger partial charge in [0, 0.05) is 11.0 Å². The predicted molar refractivity (Wildman–Crippen MR) is 371 cm³/mol. The zero-order valence-corrected chi connectivity index (χ0v) is 54.8. The van der Waals surface area contributed by atoms with Gasteiger partial charge in [0.05, 0.1) is 0 Å². The average molecular weight is 1110 g/mol. The van der Waals surface area contributed by atoms with Crippen molar-refractivity contribution in [2.24, 2.45) is 5.92 Å². The van der Waals surface area contributed by atoms with E-state index in [1.807, 2.05) is 59.7 Å². The second kappa shape index (κ2) is 39.0. The molecular weight excluding hydrogens is 1000 g/mol. The number of benzene rings is 9. The van der Waals surface area contributed by atoms with E-state index in [0.717, 1.165) is 17.0 Å². The Labute approximate surface area is 506 Å². The summed E-state index contributed by atoms with van der Waals surface area (Å²) >= 11 is 0. The van der Waals surface area contributed by atoms with Gasteiger partial charge in [0.15, 0.2) is 0 Å². The van der Waals surface area contributed by atoms with Gasteiger partial charge in [-0.25, -0.2) is 4.79 Å². The minimum atomic E-state index is -0.407. The Hall–Kier alpha value is -7.55. The summed E-state index contributed by atoms with van der Waals surface area (Å²) in [5.74, 6) is 0.947. The molecule has 2 heteroatoms. The first-order valence-electron chi connectivity index (χ1n) is 31.0. The number of fused-ring (bicyclic) bond motifs is 4. The maximum Gasteiger partial charge on any atom is 0.338 e. The van der Waals surface area contributed by atoms with Crippen molar-refractivity contribution >= 4 is 16.7 Å². The number of esters is 1. The van der Waals surface area contributed by atoms with Gasteiger partial charge in [-0.1, -0.05) is 341 Å². The molecule has 1 saturated carbocycles. The van der Waals surface area contributed by atoms with Gasteiger partial charge in [-0.2, -0.15) is 0 Å². The SMILES string of the molecule is C1CC1.C=C(C)C(=O)Oc1ccc(-c2ccc(-c3ccc(C)cc3)cc2)cc1.CC.CC.CC.CC(C)C.CCC.CCC.Cc1ccc(-c2ccccc2)cc1.Cc1ccc2c(c1)C(C)(C)c1cc(-c3ccc4ccccc4c3)ccc1-2. The first-order chi connectivity index (χ1) is 40.0. The summed E-state index contributed by atoms with van der Waals surface area (Å²) in [6, 6.07) is 72.6. The van der Waals surface area contributed by atoms with E-state index in [9.17, 15) is 4.79 Å². The Bertz CT molecular complexity index is 3200. The third kappa shape index (κ3) is 24.1. The summed E-state index contributed by atoms with van der Waals surface area (Å²) in [4.78, 5) is 11.5. The lowest BCUT2D eigenvalue weighted by molar-refractivity contribution is -0.130. The summed E-state index contributed by atoms with van der Waals surface area (Å²) < 4.78 is 5.21. The van der Waals surface area contributed by atoms with Gasteiger partial charge in [-0.15, -0.1) is 0 Å². The predicted octanol–water partition coefficient (Wildman–Crippen LogP) is 25.3. The molecule has 0 aliphatic heterocycles. The number of hydrogen-bond donors (Lipinski definition) is 0. The van der Waals surface area contributed by atoms with Gasteiger partial charge >= 0.3 is 5.97 Å². The van der Waals surface area contributed by atoms with Crippen molar-refractivity contribution in [3.8, 4) is 61.4 Å². The second-order valence-electron chi connectivity index (χ2n) is 21.6. The van der Waals surface area contributed by atoms with E-state index < -0.39 is 5.97 Å². The fraction of sp³-hybridized carbons (Fsp3) is 0.321. The van der Waals surface area contributed by atoms with Crippen molar-refractivity contribution in [1.82, 2.24) is 0 Å². The van der Waals surface area contributed by atoms with Crippen LogP contribution in [-0.2, 0) is 10.2 Å². The lowest BCUT2D eigenvalue weighted by Crippen LogP contribution is -2.15. The van der Waals surface area contributed by atoms with Crippen LogP contribution < -0.4 is 4.74 Å². The number of ether oxygens (including phenoxy) is 1. The zero-order chi connectivity index (χ0) is 61.9. The van der Waals surface area contributed by atoms with Crippen LogP contribution in [0.5, 0.6) is 5.75 Å². The Morgan fingerprint density at radius 3 is 1.16 bits per heavy atom. The van der Waals surface area contributed by atoms with E-state index in [1.54, 1.807) is 19.1 Å². The van der Waals surface area contributed by atoms with Crippen molar-refractivity contribution < 1.29 is 9.53 Å². The van der Waals surface area contributed by atoms with Crippen LogP contribution in [0.25, 0.3) is 66.4 Å². The highest BCUT2D eigenvalue weighted by molar-refractivity contribution is 5.90. The summed E-state index contributed by atoms with van der Waals surface area (Å²) in [5, 5.41) is 2.59. The van der Waals surface area contributed by atoms with Gasteiger partial charge in [-0.05, 0) is 135 Å². The Balaban J connectivity index is 0.000000379. The smallest absolute Gasteiger partial charge is 0.338 e. The molecule has 0 atom stereocenters. The molecule has 0 spiro atoms. The monoisotopic (exact) mass is 1110 g/mol. The third-order valence-electron chi connectivity index (χ3n) is 12.4. The van der Waals surface area contributed by atoms with Crippen molar-refractivity contribution in [2.45, 2.75) is 169 Å². The summed E-state index contributed by atoms with van der Waals surface area (Å²) in [6.45, 7) is 43.3. The van der Waals surface area contributed by atoms with Crippen LogP contribution in [0, 0.1) is 26.7 Å². The number of carbonyl (C=O) groups is 1. The summed E-state index contributed by atoms with van der Waals surface area (Å²) in [5.41, 5.74) is 19.7. The zero-order valence-electron chi connectivity index (χ0n) is 54.8. The highest BCUT2D eigenvalue weighted by atomic mass is 16.5. The molecule has 0 aromatic heterocycles. The second-order valence-corrected chi connectivity index (χ2v) is 21.6. The van der Waals surface area contributed by atoms with Crippen LogP contribution in [0.15, 0.2) is 218 Å². The number of rotatable bonds is 6. The van der Waals surface area contributed by atoms with Crippen LogP contribution in [0.3, 0.4) is 0 Å². The molecule has 0 heterocycles. The van der Waals surface area contributed by atoms with Gasteiger partial charge in [0.2, 0.25) is 0 Å². The standard InChI is InChI=1S/C26H22.C23H20O2.C13H12.C4H10.C3H6.2C3H8.3C2H6/c1-17-8-12-22-23-13-11-21(16-25(23)26(2,3)24(22)14-17)20-10-9-18-6-4-5-7-19(18)15-20;1-16(2)23(24)25-22-14-12-21(13-15-22)20-10-8-19(9-11-20)18-6-4-17(3)5-7-18;1-11-7-9-13(10-8-11)12-5-3-2-4-6-12;1-4(2)3;1-2-3-1;2*1-3-2;3*1-2/h4-16H,1-3H3;4-15H,1H2,2-3H3;2-10H,1H3;4H,1-3H3;1-3H2;2*3H2,1-2H3;3*1-2H3. The summed E-state index contributed by atoms with van der Waals surface area (Å²) in [7, 11) is 0. The van der Waals surface area contributed by atoms with Gasteiger partial charge in [0.25, 0.3) is 0 Å². The molecular formula is C81H104O2. The number of carbonyl (C=O) groups excluding carboxylic acids is 1. The highest BCUT2D eigenvalue weighted by Gasteiger charge is 2.35. The first-order valence-corrected chi connectivity index (χ1v) is 31.0. The molecule has 0 radical (unpaired) electrons. The maximum absolute atomic E-state index is 11.5. The van der Waals surface area contributed by atoms with Crippen molar-refractivity contribution in [3.63, 3.8) is 0 Å². The fourth-order valence-electron chi connectivity index (χ4n) is 8.29. The molecule has 83 heavy (non-hydrogen) atoms. The molecule has 11 rings (SSSR count). The number of hydrogen-bond acceptors (Lipinski definition) is 2. The van der Waals surface area contributed by atoms with Gasteiger partial charge in [-0.3, -0.25) is 0 Å². The Kier molecular flexibility index (Phi) is 33.6. The van der Waals surface area contributed by atoms with Crippen molar-refractivity contribution in [3.05, 3.63) is 246 Å². The van der Waals surface area contributed by atoms with Crippen molar-refractivity contribution in [1.29, 1.82) is 0 Å². The molecule has 0 saturated heterocycles. The quantitative estimate of drug-likeness (QED) is 0.0942. The molecule has 9 aromatic rings. The number of aryl methyl sites for hydroxylation is 3. The normalized spacial score (nSPS) is 11.1. The molecule has 9 aromatic carbocycles. The van der Waals surface area contributed by atoms with Crippen LogP contribution >= 0.6 is 0 Å². The first kappa shape index (κ1) is 71.6. The largest absolute Gasteiger partial charge is 0.423 e. The lowest BCUT2D eigenvalue weighted by atomic mass is 9.81. The van der Waals surface area contributed by atoms with E-state index in [-0.39, 0.29) is 5.41 Å². The van der Waals surface area contributed by atoms with Gasteiger partial charge in [0.1, 0.15) is 5.75 Å². The van der Waals surface area contributed by atoms with E-state index >= 15 is 0 Å². The lowest BCUT2D eigenvalue weighted by Gasteiger charge is -2.22. The highest BCUT2D eigenvalue weighted by Crippen LogP contribution is 2.50. The maximum atomic E-state index is 11.5. The van der Waals surface area contributed by atoms with E-state index in [0.29, 0.717) is 11.3 Å². The molecule has 2 nitrogen and oxygen atoms in total. The minimum Gasteiger partial charge on any atom is -0.423 e. The Morgan fingerprint density at radius 2 is 0.735 bits per heavy atom. The van der Waals surface area contributed by atoms with Crippen LogP contribution in [0.4, 0.5) is 0 Å². The van der Waals surface area contributed by atoms with E-state index in [4.69, 9.17) is 4.74 Å². The van der Waals surface area contributed by atoms with Crippen LogP contribution in [-0.4, -0.2) is 5.97 Å². The van der Waals surface area contributed by atoms with Crippen molar-refractivity contribution in [2.75, 3.05) is 0 Å². The van der Waals surface area contributed by atoms with Crippen LogP contribution in [0.1, 0.15) is 171 Å². The minimum absolute atomic E-state index is 0.0452. The summed E-state index contributed by atoms with van der Waals surface area (Å²) in [6.07, 6.45) is 7.00. The molecule has 440 valence electrons. The molecule has 0 unspecified atom stereocenters. The molecule has 2 aliphatic rings. The average Bonchev–Trinajstić information content (AvgIpc) is 3.97. The molecule has 0 amide bonds. The van der Waals surface area contributed by atoms with Gasteiger partial charge < -0.3 is 4.74 Å². The fourth-order valence-corrected chi connectivity index (χ4v) is 8.29. The van der Waals surface area contributed by atoms with E-state index in [2.05, 4.69) is 266 Å². The third-order valence-corrected chi connectivity index (χ3v) is 12.4. The topological polar surface area (TPSA) is 26.3 Å². The molecule has 1 fully saturated rings. The van der Waals surface area contributed by atoms with E-state index in [1.165, 1.54) is 115 Å². The Morgan fingerprint density at radius 1 is 0.422 bits per heavy atom. The molecule has 0 bridgehead atoms. The molecule has 2 aliphatic carbocycles. The molecule has 0 N–H and O–H groups in total. The van der Waals surface area contributed by atoms with Crippen LogP contribution in [0.2, 0.25) is 0 Å².